The Morgan fingerprint density at radius 1 is 1.00 bits per heavy atom. The maximum atomic E-state index is 9.47. The fraction of sp³-hybridized carbons (Fsp3) is 0.118. The van der Waals surface area contributed by atoms with Crippen molar-refractivity contribution in [1.29, 1.82) is 0 Å². The molecule has 2 aromatic carbocycles. The molecule has 0 aliphatic heterocycles. The molecule has 0 saturated carbocycles. The average Bonchev–Trinajstić information content (AvgIpc) is 2.92. The van der Waals surface area contributed by atoms with Crippen molar-refractivity contribution in [2.24, 2.45) is 7.05 Å². The van der Waals surface area contributed by atoms with E-state index in [-0.39, 0.29) is 11.8 Å². The largest absolute Gasteiger partial charge is 0.508 e. The van der Waals surface area contributed by atoms with Crippen molar-refractivity contribution in [3.63, 3.8) is 0 Å². The van der Waals surface area contributed by atoms with Gasteiger partial charge in [-0.2, -0.15) is 5.10 Å². The molecule has 0 amide bonds. The van der Waals surface area contributed by atoms with Crippen molar-refractivity contribution in [3.05, 3.63) is 78.1 Å². The van der Waals surface area contributed by atoms with E-state index in [0.717, 1.165) is 16.8 Å². The van der Waals surface area contributed by atoms with Gasteiger partial charge in [-0.3, -0.25) is 4.68 Å². The maximum absolute atomic E-state index is 9.47. The lowest BCUT2D eigenvalue weighted by Gasteiger charge is -2.20. The van der Waals surface area contributed by atoms with Crippen LogP contribution in [0.1, 0.15) is 17.2 Å². The number of phenols is 1. The van der Waals surface area contributed by atoms with Crippen LogP contribution in [0.5, 0.6) is 5.75 Å². The molecule has 3 aromatic rings. The fourth-order valence-electron chi connectivity index (χ4n) is 2.33. The Kier molecular flexibility index (Phi) is 3.60. The molecule has 106 valence electrons. The predicted molar refractivity (Wildman–Crippen MR) is 83.2 cm³/mol. The van der Waals surface area contributed by atoms with Crippen LogP contribution in [0, 0.1) is 0 Å². The van der Waals surface area contributed by atoms with E-state index in [0.29, 0.717) is 0 Å². The molecule has 21 heavy (non-hydrogen) atoms. The minimum absolute atomic E-state index is 0.0102. The van der Waals surface area contributed by atoms with Crippen molar-refractivity contribution in [3.8, 4) is 5.75 Å². The van der Waals surface area contributed by atoms with Gasteiger partial charge in [0.1, 0.15) is 5.75 Å². The van der Waals surface area contributed by atoms with E-state index >= 15 is 0 Å². The highest BCUT2D eigenvalue weighted by atomic mass is 16.3. The molecule has 0 saturated heterocycles. The first-order chi connectivity index (χ1) is 10.2. The van der Waals surface area contributed by atoms with Crippen LogP contribution in [-0.4, -0.2) is 14.9 Å². The van der Waals surface area contributed by atoms with Crippen LogP contribution in [0.4, 0.5) is 5.69 Å². The number of benzene rings is 2. The molecule has 0 spiro atoms. The van der Waals surface area contributed by atoms with Crippen molar-refractivity contribution < 1.29 is 5.11 Å². The van der Waals surface area contributed by atoms with E-state index in [2.05, 4.69) is 22.5 Å². The van der Waals surface area contributed by atoms with Gasteiger partial charge in [0.2, 0.25) is 0 Å². The molecule has 0 aliphatic rings. The van der Waals surface area contributed by atoms with Crippen LogP contribution >= 0.6 is 0 Å². The number of aromatic nitrogens is 2. The molecule has 0 radical (unpaired) electrons. The molecule has 0 bridgehead atoms. The monoisotopic (exact) mass is 279 g/mol. The Balaban J connectivity index is 1.96. The van der Waals surface area contributed by atoms with Crippen LogP contribution < -0.4 is 5.32 Å². The Bertz CT molecular complexity index is 704. The van der Waals surface area contributed by atoms with Gasteiger partial charge >= 0.3 is 0 Å². The first-order valence-electron chi connectivity index (χ1n) is 6.81. The van der Waals surface area contributed by atoms with Gasteiger partial charge in [-0.05, 0) is 23.3 Å². The number of nitrogens with zero attached hydrogens (tertiary/aromatic N) is 2. The number of hydrogen-bond acceptors (Lipinski definition) is 3. The number of phenolic OH excluding ortho intramolecular Hbond substituents is 1. The number of anilines is 1. The third-order valence-electron chi connectivity index (χ3n) is 3.38. The highest BCUT2D eigenvalue weighted by Crippen LogP contribution is 2.27. The quantitative estimate of drug-likeness (QED) is 0.770. The van der Waals surface area contributed by atoms with Gasteiger partial charge in [-0.25, -0.2) is 0 Å². The molecule has 1 aromatic heterocycles. The smallest absolute Gasteiger partial charge is 0.115 e. The van der Waals surface area contributed by atoms with E-state index < -0.39 is 0 Å². The SMILES string of the molecule is Cn1cc(NC(c2ccccc2)c2ccc(O)cc2)cn1. The third-order valence-corrected chi connectivity index (χ3v) is 3.38. The Morgan fingerprint density at radius 3 is 2.29 bits per heavy atom. The van der Waals surface area contributed by atoms with Gasteiger partial charge in [0.15, 0.2) is 0 Å². The van der Waals surface area contributed by atoms with Crippen molar-refractivity contribution in [1.82, 2.24) is 9.78 Å². The Labute approximate surface area is 123 Å². The van der Waals surface area contributed by atoms with Crippen LogP contribution in [0.3, 0.4) is 0 Å². The van der Waals surface area contributed by atoms with Crippen LogP contribution in [0.2, 0.25) is 0 Å². The van der Waals surface area contributed by atoms with Gasteiger partial charge in [-0.15, -0.1) is 0 Å². The molecule has 0 aliphatic carbocycles. The second kappa shape index (κ2) is 5.71. The van der Waals surface area contributed by atoms with Crippen molar-refractivity contribution >= 4 is 5.69 Å². The summed E-state index contributed by atoms with van der Waals surface area (Å²) in [7, 11) is 1.89. The average molecular weight is 279 g/mol. The lowest BCUT2D eigenvalue weighted by molar-refractivity contribution is 0.475. The number of rotatable bonds is 4. The summed E-state index contributed by atoms with van der Waals surface area (Å²) < 4.78 is 1.77. The predicted octanol–water partition coefficient (Wildman–Crippen LogP) is 3.33. The van der Waals surface area contributed by atoms with E-state index in [1.807, 2.05) is 43.6 Å². The molecule has 1 unspecified atom stereocenters. The summed E-state index contributed by atoms with van der Waals surface area (Å²) in [6, 6.07) is 17.5. The van der Waals surface area contributed by atoms with E-state index in [1.165, 1.54) is 0 Å². The van der Waals surface area contributed by atoms with Crippen LogP contribution in [0.15, 0.2) is 67.0 Å². The maximum Gasteiger partial charge on any atom is 0.115 e. The number of hydrogen-bond donors (Lipinski definition) is 2. The standard InChI is InChI=1S/C17H17N3O/c1-20-12-15(11-18-20)19-17(13-5-3-2-4-6-13)14-7-9-16(21)10-8-14/h2-12,17,19,21H,1H3. The lowest BCUT2D eigenvalue weighted by atomic mass is 9.98. The molecule has 0 fully saturated rings. The molecule has 4 nitrogen and oxygen atoms in total. The summed E-state index contributed by atoms with van der Waals surface area (Å²) >= 11 is 0. The minimum Gasteiger partial charge on any atom is -0.508 e. The molecular weight excluding hydrogens is 262 g/mol. The van der Waals surface area contributed by atoms with Crippen molar-refractivity contribution in [2.45, 2.75) is 6.04 Å². The number of aryl methyl sites for hydroxylation is 1. The summed E-state index contributed by atoms with van der Waals surface area (Å²) in [5.74, 6) is 0.270. The van der Waals surface area contributed by atoms with Gasteiger partial charge in [0.25, 0.3) is 0 Å². The fourth-order valence-corrected chi connectivity index (χ4v) is 2.33. The summed E-state index contributed by atoms with van der Waals surface area (Å²) in [5.41, 5.74) is 3.20. The topological polar surface area (TPSA) is 50.1 Å². The number of aromatic hydroxyl groups is 1. The first kappa shape index (κ1) is 13.2. The second-order valence-corrected chi connectivity index (χ2v) is 4.98. The van der Waals surface area contributed by atoms with Gasteiger partial charge in [0, 0.05) is 13.2 Å². The second-order valence-electron chi connectivity index (χ2n) is 4.98. The zero-order valence-corrected chi connectivity index (χ0v) is 11.8. The van der Waals surface area contributed by atoms with Crippen LogP contribution in [-0.2, 0) is 7.05 Å². The molecule has 4 heteroatoms. The molecule has 1 heterocycles. The number of nitrogens with one attached hydrogen (secondary N) is 1. The summed E-state index contributed by atoms with van der Waals surface area (Å²) in [5, 5.41) is 17.1. The summed E-state index contributed by atoms with van der Waals surface area (Å²) in [4.78, 5) is 0. The molecule has 2 N–H and O–H groups in total. The zero-order valence-electron chi connectivity index (χ0n) is 11.8. The van der Waals surface area contributed by atoms with Gasteiger partial charge in [0.05, 0.1) is 17.9 Å². The Morgan fingerprint density at radius 2 is 1.67 bits per heavy atom. The van der Waals surface area contributed by atoms with Gasteiger partial charge in [-0.1, -0.05) is 42.5 Å². The van der Waals surface area contributed by atoms with Gasteiger partial charge < -0.3 is 10.4 Å². The highest BCUT2D eigenvalue weighted by Gasteiger charge is 2.14. The van der Waals surface area contributed by atoms with E-state index in [4.69, 9.17) is 0 Å². The summed E-state index contributed by atoms with van der Waals surface area (Å²) in [6.07, 6.45) is 3.74. The Hall–Kier alpha value is -2.75. The lowest BCUT2D eigenvalue weighted by Crippen LogP contribution is -2.11. The van der Waals surface area contributed by atoms with E-state index in [9.17, 15) is 5.11 Å². The highest BCUT2D eigenvalue weighted by molar-refractivity contribution is 5.47. The molecule has 1 atom stereocenters. The van der Waals surface area contributed by atoms with Crippen molar-refractivity contribution in [2.75, 3.05) is 5.32 Å². The summed E-state index contributed by atoms with van der Waals surface area (Å²) in [6.45, 7) is 0. The normalized spacial score (nSPS) is 12.0. The molecular formula is C17H17N3O. The van der Waals surface area contributed by atoms with Crippen LogP contribution in [0.25, 0.3) is 0 Å². The third kappa shape index (κ3) is 3.05. The first-order valence-corrected chi connectivity index (χ1v) is 6.81. The zero-order chi connectivity index (χ0) is 14.7. The molecule has 3 rings (SSSR count). The van der Waals surface area contributed by atoms with E-state index in [1.54, 1.807) is 23.0 Å². The minimum atomic E-state index is 0.0102.